The Balaban J connectivity index is 1.25. The van der Waals surface area contributed by atoms with Crippen molar-refractivity contribution in [1.29, 1.82) is 0 Å². The molecule has 0 radical (unpaired) electrons. The Morgan fingerprint density at radius 2 is 1.45 bits per heavy atom. The molecule has 2 aromatic carbocycles. The van der Waals surface area contributed by atoms with Crippen molar-refractivity contribution >= 4 is 23.3 Å². The van der Waals surface area contributed by atoms with E-state index in [2.05, 4.69) is 40.7 Å². The van der Waals surface area contributed by atoms with E-state index in [1.165, 1.54) is 37.7 Å². The van der Waals surface area contributed by atoms with Gasteiger partial charge in [0.2, 0.25) is 0 Å². The van der Waals surface area contributed by atoms with E-state index in [0.29, 0.717) is 58.0 Å². The Hall–Kier alpha value is -3.28. The molecule has 0 aromatic heterocycles. The van der Waals surface area contributed by atoms with E-state index in [4.69, 9.17) is 20.9 Å². The van der Waals surface area contributed by atoms with Gasteiger partial charge in [0.1, 0.15) is 12.2 Å². The number of ether oxygens (including phenoxy) is 2. The van der Waals surface area contributed by atoms with Crippen molar-refractivity contribution < 1.29 is 19.1 Å². The Kier molecular flexibility index (Phi) is 9.53. The van der Waals surface area contributed by atoms with E-state index < -0.39 is 0 Å². The molecule has 10 unspecified atom stereocenters. The number of nitrogen functional groups attached to an aromatic ring is 2. The van der Waals surface area contributed by atoms with Crippen LogP contribution in [-0.2, 0) is 9.47 Å². The molecule has 10 atom stereocenters. The molecular weight excluding hydrogens is 584 g/mol. The fourth-order valence-electron chi connectivity index (χ4n) is 11.0. The molecular formula is C41H56N2O4. The molecule has 0 amide bonds. The van der Waals surface area contributed by atoms with Gasteiger partial charge in [-0.3, -0.25) is 0 Å². The number of carbonyl (C=O) groups is 2. The summed E-state index contributed by atoms with van der Waals surface area (Å²) in [6.07, 6.45) is 12.8. The highest BCUT2D eigenvalue weighted by molar-refractivity contribution is 5.91. The standard InChI is InChI=1S/C41H56N2O4/c1-25(2)9-6-10-26(3)33-15-16-34-32-24-37(47-39(45)28-12-8-14-30(43)22-28)36-23-31(46-38(44)27-11-7-13-29(42)21-27)17-19-41(36,5)35(32)18-20-40(33,34)4/h7-9,11-14,21-22,26,31-37H,6,10,15-20,23-24,42-43H2,1-5H3. The molecule has 4 aliphatic carbocycles. The Morgan fingerprint density at radius 3 is 2.09 bits per heavy atom. The van der Waals surface area contributed by atoms with Crippen LogP contribution >= 0.6 is 0 Å². The first-order valence-corrected chi connectivity index (χ1v) is 18.2. The normalized spacial score (nSPS) is 35.0. The zero-order valence-corrected chi connectivity index (χ0v) is 29.2. The minimum atomic E-state index is -0.336. The smallest absolute Gasteiger partial charge is 0.338 e. The van der Waals surface area contributed by atoms with Gasteiger partial charge in [-0.05, 0) is 155 Å². The minimum absolute atomic E-state index is 0.0120. The molecule has 0 bridgehead atoms. The second-order valence-corrected chi connectivity index (χ2v) is 16.3. The van der Waals surface area contributed by atoms with Crippen molar-refractivity contribution in [2.45, 2.75) is 111 Å². The first-order chi connectivity index (χ1) is 22.4. The van der Waals surface area contributed by atoms with Crippen molar-refractivity contribution in [2.75, 3.05) is 11.5 Å². The molecule has 254 valence electrons. The summed E-state index contributed by atoms with van der Waals surface area (Å²) in [6.45, 7) is 11.9. The number of allylic oxidation sites excluding steroid dienone is 2. The number of fused-ring (bicyclic) bond motifs is 5. The Morgan fingerprint density at radius 1 is 0.830 bits per heavy atom. The number of esters is 2. The fourth-order valence-corrected chi connectivity index (χ4v) is 11.0. The summed E-state index contributed by atoms with van der Waals surface area (Å²) in [6, 6.07) is 14.1. The van der Waals surface area contributed by atoms with Crippen molar-refractivity contribution in [3.63, 3.8) is 0 Å². The topological polar surface area (TPSA) is 105 Å². The van der Waals surface area contributed by atoms with Gasteiger partial charge in [-0.15, -0.1) is 0 Å². The summed E-state index contributed by atoms with van der Waals surface area (Å²) < 4.78 is 12.7. The quantitative estimate of drug-likeness (QED) is 0.169. The lowest BCUT2D eigenvalue weighted by Gasteiger charge is -2.62. The molecule has 6 rings (SSSR count). The van der Waals surface area contributed by atoms with Gasteiger partial charge in [-0.25, -0.2) is 9.59 Å². The van der Waals surface area contributed by atoms with Crippen LogP contribution in [-0.4, -0.2) is 24.1 Å². The van der Waals surface area contributed by atoms with Gasteiger partial charge < -0.3 is 20.9 Å². The van der Waals surface area contributed by atoms with E-state index in [-0.39, 0.29) is 35.5 Å². The second kappa shape index (κ2) is 13.3. The van der Waals surface area contributed by atoms with Crippen LogP contribution in [0.5, 0.6) is 0 Å². The average molecular weight is 641 g/mol. The van der Waals surface area contributed by atoms with Crippen LogP contribution in [0.25, 0.3) is 0 Å². The molecule has 4 aliphatic rings. The summed E-state index contributed by atoms with van der Waals surface area (Å²) in [4.78, 5) is 26.9. The summed E-state index contributed by atoms with van der Waals surface area (Å²) in [5.74, 6) is 2.66. The maximum absolute atomic E-state index is 13.7. The summed E-state index contributed by atoms with van der Waals surface area (Å²) in [7, 11) is 0. The van der Waals surface area contributed by atoms with E-state index in [1.54, 1.807) is 42.5 Å². The summed E-state index contributed by atoms with van der Waals surface area (Å²) in [5.41, 5.74) is 15.8. The van der Waals surface area contributed by atoms with Crippen molar-refractivity contribution in [3.8, 4) is 0 Å². The number of benzene rings is 2. The van der Waals surface area contributed by atoms with Crippen molar-refractivity contribution in [3.05, 3.63) is 71.3 Å². The largest absolute Gasteiger partial charge is 0.459 e. The zero-order valence-electron chi connectivity index (χ0n) is 29.2. The first-order valence-electron chi connectivity index (χ1n) is 18.2. The van der Waals surface area contributed by atoms with Gasteiger partial charge in [0.15, 0.2) is 0 Å². The lowest BCUT2D eigenvalue weighted by molar-refractivity contribution is -0.173. The highest BCUT2D eigenvalue weighted by Crippen LogP contribution is 2.69. The second-order valence-electron chi connectivity index (χ2n) is 16.3. The molecule has 6 nitrogen and oxygen atoms in total. The SMILES string of the molecule is CC(C)=CCCC(C)C1CCC2C3CC(OC(=O)c4cccc(N)c4)C4CC(OC(=O)c5cccc(N)c5)CCC4(C)C3CCC12C. The molecule has 0 heterocycles. The third-order valence-corrected chi connectivity index (χ3v) is 13.3. The van der Waals surface area contributed by atoms with Crippen molar-refractivity contribution in [2.24, 2.45) is 46.3 Å². The first kappa shape index (κ1) is 33.6. The summed E-state index contributed by atoms with van der Waals surface area (Å²) in [5, 5.41) is 0. The molecule has 2 aromatic rings. The number of carbonyl (C=O) groups excluding carboxylic acids is 2. The highest BCUT2D eigenvalue weighted by Gasteiger charge is 2.63. The van der Waals surface area contributed by atoms with Crippen molar-refractivity contribution in [1.82, 2.24) is 0 Å². The monoisotopic (exact) mass is 640 g/mol. The van der Waals surface area contributed by atoms with Gasteiger partial charge >= 0.3 is 11.9 Å². The number of rotatable bonds is 8. The molecule has 0 saturated heterocycles. The van der Waals surface area contributed by atoms with E-state index in [0.717, 1.165) is 31.6 Å². The van der Waals surface area contributed by atoms with Gasteiger partial charge in [0, 0.05) is 17.3 Å². The molecule has 6 heteroatoms. The Labute approximate surface area is 282 Å². The van der Waals surface area contributed by atoms with Gasteiger partial charge in [-0.2, -0.15) is 0 Å². The molecule has 47 heavy (non-hydrogen) atoms. The lowest BCUT2D eigenvalue weighted by atomic mass is 9.43. The van der Waals surface area contributed by atoms with Crippen LogP contribution in [0.1, 0.15) is 120 Å². The predicted molar refractivity (Wildman–Crippen MR) is 189 cm³/mol. The van der Waals surface area contributed by atoms with E-state index in [9.17, 15) is 9.59 Å². The van der Waals surface area contributed by atoms with Crippen LogP contribution in [0.15, 0.2) is 60.2 Å². The zero-order chi connectivity index (χ0) is 33.5. The third-order valence-electron chi connectivity index (χ3n) is 13.3. The van der Waals surface area contributed by atoms with Crippen LogP contribution in [0.3, 0.4) is 0 Å². The van der Waals surface area contributed by atoms with Gasteiger partial charge in [-0.1, -0.05) is 44.6 Å². The molecule has 4 N–H and O–H groups in total. The third kappa shape index (κ3) is 6.58. The lowest BCUT2D eigenvalue weighted by Crippen LogP contribution is -2.59. The van der Waals surface area contributed by atoms with Crippen LogP contribution in [0, 0.1) is 46.3 Å². The Bertz CT molecular complexity index is 1500. The van der Waals surface area contributed by atoms with E-state index in [1.807, 2.05) is 6.07 Å². The van der Waals surface area contributed by atoms with E-state index >= 15 is 0 Å². The fraction of sp³-hybridized carbons (Fsp3) is 0.610. The van der Waals surface area contributed by atoms with Gasteiger partial charge in [0.25, 0.3) is 0 Å². The summed E-state index contributed by atoms with van der Waals surface area (Å²) >= 11 is 0. The molecule has 0 aliphatic heterocycles. The average Bonchev–Trinajstić information content (AvgIpc) is 3.39. The van der Waals surface area contributed by atoms with Gasteiger partial charge in [0.05, 0.1) is 11.1 Å². The molecule has 0 spiro atoms. The maximum atomic E-state index is 13.7. The van der Waals surface area contributed by atoms with Crippen LogP contribution in [0.2, 0.25) is 0 Å². The maximum Gasteiger partial charge on any atom is 0.338 e. The van der Waals surface area contributed by atoms with Crippen LogP contribution < -0.4 is 11.5 Å². The molecule has 4 saturated carbocycles. The predicted octanol–water partition coefficient (Wildman–Crippen LogP) is 9.25. The van der Waals surface area contributed by atoms with Crippen LogP contribution in [0.4, 0.5) is 11.4 Å². The number of anilines is 2. The minimum Gasteiger partial charge on any atom is -0.459 e. The number of nitrogens with two attached hydrogens (primary N) is 2. The number of hydrogen-bond donors (Lipinski definition) is 2. The highest BCUT2D eigenvalue weighted by atomic mass is 16.6. The number of hydrogen-bond acceptors (Lipinski definition) is 6. The molecule has 4 fully saturated rings.